The van der Waals surface area contributed by atoms with Crippen LogP contribution in [0.2, 0.25) is 0 Å². The van der Waals surface area contributed by atoms with Gasteiger partial charge in [0.25, 0.3) is 0 Å². The van der Waals surface area contributed by atoms with Gasteiger partial charge >= 0.3 is 0 Å². The molecule has 25 heavy (non-hydrogen) atoms. The number of nitrogens with one attached hydrogen (secondary N) is 2. The molecule has 0 spiro atoms. The summed E-state index contributed by atoms with van der Waals surface area (Å²) in [7, 11) is 1.22. The zero-order valence-electron chi connectivity index (χ0n) is 14.8. The minimum Gasteiger partial charge on any atom is -0.358 e. The van der Waals surface area contributed by atoms with E-state index in [4.69, 9.17) is 12.2 Å². The number of benzene rings is 1. The van der Waals surface area contributed by atoms with Gasteiger partial charge in [-0.2, -0.15) is 0 Å². The van der Waals surface area contributed by atoms with E-state index in [1.54, 1.807) is 12.1 Å². The number of rotatable bonds is 7. The molecule has 1 aliphatic rings. The molecule has 2 rings (SSSR count). The second-order valence-electron chi connectivity index (χ2n) is 6.85. The van der Waals surface area contributed by atoms with Crippen molar-refractivity contribution >= 4 is 27.2 Å². The van der Waals surface area contributed by atoms with E-state index in [-0.39, 0.29) is 23.4 Å². The Bertz CT molecular complexity index is 678. The van der Waals surface area contributed by atoms with Crippen LogP contribution in [-0.4, -0.2) is 63.2 Å². The molecule has 1 heterocycles. The maximum Gasteiger partial charge on any atom is 0.169 e. The lowest BCUT2D eigenvalue weighted by atomic mass is 10.2. The first-order valence-corrected chi connectivity index (χ1v) is 10.8. The Hall–Kier alpha value is -1.25. The van der Waals surface area contributed by atoms with Gasteiger partial charge in [-0.05, 0) is 36.3 Å². The molecular formula is C17H27FN3O2S2+. The van der Waals surface area contributed by atoms with Crippen molar-refractivity contribution in [1.29, 1.82) is 0 Å². The molecule has 0 radical (unpaired) electrons. The molecule has 140 valence electrons. The second-order valence-corrected chi connectivity index (χ2v) is 9.46. The third-order valence-electron chi connectivity index (χ3n) is 4.34. The first kappa shape index (κ1) is 20.1. The Kier molecular flexibility index (Phi) is 7.15. The fourth-order valence-electron chi connectivity index (χ4n) is 2.96. The van der Waals surface area contributed by atoms with Gasteiger partial charge in [0.15, 0.2) is 14.9 Å². The predicted octanol–water partition coefficient (Wildman–Crippen LogP) is 0.224. The Balaban J connectivity index is 1.97. The molecule has 1 aromatic carbocycles. The topological polar surface area (TPSA) is 53.9 Å². The summed E-state index contributed by atoms with van der Waals surface area (Å²) in [5, 5.41) is 3.76. The van der Waals surface area contributed by atoms with Crippen molar-refractivity contribution in [2.45, 2.75) is 25.4 Å². The first-order chi connectivity index (χ1) is 11.8. The fraction of sp³-hybridized carbons (Fsp3) is 0.588. The monoisotopic (exact) mass is 388 g/mol. The van der Waals surface area contributed by atoms with Gasteiger partial charge in [-0.1, -0.05) is 12.1 Å². The van der Waals surface area contributed by atoms with Gasteiger partial charge in [-0.15, -0.1) is 0 Å². The average molecular weight is 389 g/mol. The molecule has 2 N–H and O–H groups in total. The summed E-state index contributed by atoms with van der Waals surface area (Å²) in [6.45, 7) is 2.23. The first-order valence-electron chi connectivity index (χ1n) is 8.55. The van der Waals surface area contributed by atoms with Crippen molar-refractivity contribution in [2.75, 3.05) is 38.7 Å². The molecule has 1 aromatic rings. The van der Waals surface area contributed by atoms with E-state index in [1.807, 2.05) is 4.90 Å². The van der Waals surface area contributed by atoms with Gasteiger partial charge in [-0.25, -0.2) is 12.8 Å². The number of nitrogens with zero attached hydrogens (tertiary/aromatic N) is 1. The number of hydrogen-bond acceptors (Lipinski definition) is 3. The Morgan fingerprint density at radius 2 is 2.04 bits per heavy atom. The largest absolute Gasteiger partial charge is 0.358 e. The molecule has 5 nitrogen and oxygen atoms in total. The minimum atomic E-state index is -2.96. The van der Waals surface area contributed by atoms with Crippen LogP contribution in [0.4, 0.5) is 4.39 Å². The maximum absolute atomic E-state index is 13.0. The van der Waals surface area contributed by atoms with Crippen molar-refractivity contribution < 1.29 is 17.7 Å². The quantitative estimate of drug-likeness (QED) is 0.655. The highest BCUT2D eigenvalue weighted by atomic mass is 32.2. The molecule has 0 bridgehead atoms. The minimum absolute atomic E-state index is 0.0598. The van der Waals surface area contributed by atoms with Crippen molar-refractivity contribution in [3.05, 3.63) is 35.6 Å². The summed E-state index contributed by atoms with van der Waals surface area (Å²) < 4.78 is 36.6. The number of sulfone groups is 1. The lowest BCUT2D eigenvalue weighted by Crippen LogP contribution is -3.05. The standard InChI is InChI=1S/C17H26FN3O2S2/c1-20(2)9-3-10-21(16-8-11-25(22,23)13-16)17(24)19-12-14-4-6-15(18)7-5-14/h4-7,16H,3,8-13H2,1-2H3,(H,19,24)/p+1/t16-/m1/s1. The van der Waals surface area contributed by atoms with E-state index in [0.717, 1.165) is 25.1 Å². The zero-order valence-corrected chi connectivity index (χ0v) is 16.4. The normalized spacial score (nSPS) is 19.1. The summed E-state index contributed by atoms with van der Waals surface area (Å²) in [6.07, 6.45) is 1.56. The molecule has 1 aliphatic heterocycles. The third-order valence-corrected chi connectivity index (χ3v) is 6.47. The molecule has 0 aromatic heterocycles. The average Bonchev–Trinajstić information content (AvgIpc) is 2.90. The van der Waals surface area contributed by atoms with Gasteiger partial charge in [0, 0.05) is 25.6 Å². The van der Waals surface area contributed by atoms with Crippen LogP contribution in [0.1, 0.15) is 18.4 Å². The van der Waals surface area contributed by atoms with Crippen molar-refractivity contribution in [2.24, 2.45) is 0 Å². The summed E-state index contributed by atoms with van der Waals surface area (Å²) in [5.74, 6) is 0.128. The fourth-order valence-corrected chi connectivity index (χ4v) is 5.00. The van der Waals surface area contributed by atoms with Crippen LogP contribution in [-0.2, 0) is 16.4 Å². The van der Waals surface area contributed by atoms with Crippen LogP contribution in [0.15, 0.2) is 24.3 Å². The summed E-state index contributed by atoms with van der Waals surface area (Å²) >= 11 is 5.53. The molecule has 8 heteroatoms. The van der Waals surface area contributed by atoms with E-state index in [1.165, 1.54) is 17.0 Å². The van der Waals surface area contributed by atoms with Gasteiger partial charge in [-0.3, -0.25) is 0 Å². The smallest absolute Gasteiger partial charge is 0.169 e. The second kappa shape index (κ2) is 8.91. The predicted molar refractivity (Wildman–Crippen MR) is 102 cm³/mol. The Labute approximate surface area is 155 Å². The Morgan fingerprint density at radius 1 is 1.36 bits per heavy atom. The van der Waals surface area contributed by atoms with E-state index in [0.29, 0.717) is 18.1 Å². The van der Waals surface area contributed by atoms with E-state index < -0.39 is 9.84 Å². The zero-order chi connectivity index (χ0) is 18.4. The summed E-state index contributed by atoms with van der Waals surface area (Å²) in [5.41, 5.74) is 0.931. The van der Waals surface area contributed by atoms with Crippen LogP contribution >= 0.6 is 12.2 Å². The van der Waals surface area contributed by atoms with Gasteiger partial charge < -0.3 is 15.1 Å². The van der Waals surface area contributed by atoms with E-state index >= 15 is 0 Å². The molecule has 1 saturated heterocycles. The number of thiocarbonyl (C=S) groups is 1. The third kappa shape index (κ3) is 6.52. The summed E-state index contributed by atoms with van der Waals surface area (Å²) in [4.78, 5) is 3.37. The van der Waals surface area contributed by atoms with Crippen LogP contribution in [0.3, 0.4) is 0 Å². The van der Waals surface area contributed by atoms with Crippen LogP contribution in [0.5, 0.6) is 0 Å². The highest BCUT2D eigenvalue weighted by Gasteiger charge is 2.33. The SMILES string of the molecule is C[NH+](C)CCCN(C(=S)NCc1ccc(F)cc1)[C@@H]1CCS(=O)(=O)C1. The summed E-state index contributed by atoms with van der Waals surface area (Å²) in [6, 6.07) is 6.20. The lowest BCUT2D eigenvalue weighted by molar-refractivity contribution is -0.858. The molecular weight excluding hydrogens is 361 g/mol. The van der Waals surface area contributed by atoms with Gasteiger partial charge in [0.2, 0.25) is 0 Å². The molecule has 1 fully saturated rings. The van der Waals surface area contributed by atoms with Crippen molar-refractivity contribution in [1.82, 2.24) is 10.2 Å². The van der Waals surface area contributed by atoms with Crippen molar-refractivity contribution in [3.63, 3.8) is 0 Å². The van der Waals surface area contributed by atoms with E-state index in [2.05, 4.69) is 19.4 Å². The molecule has 0 saturated carbocycles. The van der Waals surface area contributed by atoms with Crippen LogP contribution in [0.25, 0.3) is 0 Å². The number of quaternary nitrogens is 1. The van der Waals surface area contributed by atoms with Gasteiger partial charge in [0.05, 0.1) is 32.1 Å². The molecule has 0 amide bonds. The highest BCUT2D eigenvalue weighted by molar-refractivity contribution is 7.91. The lowest BCUT2D eigenvalue weighted by Gasteiger charge is -2.31. The van der Waals surface area contributed by atoms with E-state index in [9.17, 15) is 12.8 Å². The molecule has 1 atom stereocenters. The van der Waals surface area contributed by atoms with Gasteiger partial charge in [0.1, 0.15) is 5.82 Å². The Morgan fingerprint density at radius 3 is 2.60 bits per heavy atom. The number of hydrogen-bond donors (Lipinski definition) is 2. The number of halogens is 1. The van der Waals surface area contributed by atoms with Crippen molar-refractivity contribution in [3.8, 4) is 0 Å². The van der Waals surface area contributed by atoms with Crippen LogP contribution < -0.4 is 10.2 Å². The molecule has 0 aliphatic carbocycles. The maximum atomic E-state index is 13.0. The molecule has 0 unspecified atom stereocenters. The van der Waals surface area contributed by atoms with Crippen LogP contribution in [0, 0.1) is 5.82 Å². The highest BCUT2D eigenvalue weighted by Crippen LogP contribution is 2.18.